The number of benzene rings is 1. The lowest BCUT2D eigenvalue weighted by Gasteiger charge is -2.31. The van der Waals surface area contributed by atoms with Crippen LogP contribution in [-0.2, 0) is 4.74 Å². The number of ether oxygens (including phenoxy) is 1. The predicted molar refractivity (Wildman–Crippen MR) is 96.6 cm³/mol. The molecule has 0 saturated carbocycles. The number of amides is 1. The highest BCUT2D eigenvalue weighted by molar-refractivity contribution is 6.10. The van der Waals surface area contributed by atoms with Crippen molar-refractivity contribution in [2.45, 2.75) is 39.7 Å². The van der Waals surface area contributed by atoms with E-state index in [1.165, 1.54) is 11.1 Å². The van der Waals surface area contributed by atoms with Crippen molar-refractivity contribution >= 4 is 17.6 Å². The van der Waals surface area contributed by atoms with E-state index < -0.39 is 5.60 Å². The van der Waals surface area contributed by atoms with Crippen LogP contribution in [0, 0.1) is 6.92 Å². The monoisotopic (exact) mass is 327 g/mol. The van der Waals surface area contributed by atoms with Gasteiger partial charge in [0.25, 0.3) is 0 Å². The van der Waals surface area contributed by atoms with Crippen LogP contribution in [0.2, 0.25) is 0 Å². The Kier molecular flexibility index (Phi) is 4.35. The Labute approximate surface area is 143 Å². The van der Waals surface area contributed by atoms with Crippen molar-refractivity contribution in [3.8, 4) is 0 Å². The van der Waals surface area contributed by atoms with Crippen LogP contribution < -0.4 is 5.32 Å². The maximum absolute atomic E-state index is 12.3. The number of aryl methyl sites for hydroxylation is 1. The summed E-state index contributed by atoms with van der Waals surface area (Å²) in [6.07, 6.45) is 0.604. The Hall–Kier alpha value is -2.30. The van der Waals surface area contributed by atoms with Crippen LogP contribution in [0.4, 0.5) is 10.5 Å². The molecule has 3 rings (SSSR count). The van der Waals surface area contributed by atoms with Crippen molar-refractivity contribution in [3.63, 3.8) is 0 Å². The molecule has 0 aromatic heterocycles. The number of carbonyl (C=O) groups excluding carboxylic acids is 1. The maximum Gasteiger partial charge on any atom is 0.410 e. The number of amidine groups is 1. The molecular formula is C19H25N3O2. The summed E-state index contributed by atoms with van der Waals surface area (Å²) in [7, 11) is 0. The van der Waals surface area contributed by atoms with Crippen LogP contribution >= 0.6 is 0 Å². The summed E-state index contributed by atoms with van der Waals surface area (Å²) in [5.41, 5.74) is 4.21. The first-order valence-electron chi connectivity index (χ1n) is 8.39. The van der Waals surface area contributed by atoms with E-state index in [9.17, 15) is 4.79 Å². The van der Waals surface area contributed by atoms with Crippen molar-refractivity contribution in [1.82, 2.24) is 4.90 Å². The number of nitrogens with one attached hydrogen (secondary N) is 1. The van der Waals surface area contributed by atoms with Gasteiger partial charge >= 0.3 is 6.09 Å². The van der Waals surface area contributed by atoms with E-state index in [1.807, 2.05) is 32.9 Å². The van der Waals surface area contributed by atoms with Gasteiger partial charge in [0.15, 0.2) is 0 Å². The largest absolute Gasteiger partial charge is 0.444 e. The van der Waals surface area contributed by atoms with Gasteiger partial charge < -0.3 is 15.0 Å². The van der Waals surface area contributed by atoms with Gasteiger partial charge in [-0.1, -0.05) is 12.1 Å². The number of rotatable bonds is 1. The van der Waals surface area contributed by atoms with E-state index in [0.717, 1.165) is 30.1 Å². The summed E-state index contributed by atoms with van der Waals surface area (Å²) in [5, 5.41) is 3.40. The molecule has 2 heterocycles. The summed E-state index contributed by atoms with van der Waals surface area (Å²) in [5.74, 6) is 0.879. The van der Waals surface area contributed by atoms with Crippen molar-refractivity contribution in [2.24, 2.45) is 4.99 Å². The van der Waals surface area contributed by atoms with E-state index in [0.29, 0.717) is 13.1 Å². The number of hydrogen-bond acceptors (Lipinski definition) is 4. The summed E-state index contributed by atoms with van der Waals surface area (Å²) in [6.45, 7) is 9.72. The minimum atomic E-state index is -0.474. The smallest absolute Gasteiger partial charge is 0.410 e. The third kappa shape index (κ3) is 3.78. The lowest BCUT2D eigenvalue weighted by Crippen LogP contribution is -2.42. The Morgan fingerprint density at radius 1 is 1.33 bits per heavy atom. The molecule has 128 valence electrons. The first-order valence-corrected chi connectivity index (χ1v) is 8.39. The second kappa shape index (κ2) is 6.30. The Morgan fingerprint density at radius 2 is 2.12 bits per heavy atom. The molecule has 0 saturated heterocycles. The molecule has 1 N–H and O–H groups in total. The lowest BCUT2D eigenvalue weighted by molar-refractivity contribution is 0.0263. The van der Waals surface area contributed by atoms with Crippen LogP contribution in [0.25, 0.3) is 0 Å². The SMILES string of the molecule is Cc1cccc(NC2=NCC3=C2CN(C(=O)OC(C)(C)C)CC3)c1. The molecule has 1 aromatic rings. The van der Waals surface area contributed by atoms with Gasteiger partial charge in [-0.05, 0) is 57.4 Å². The van der Waals surface area contributed by atoms with Gasteiger partial charge in [0.1, 0.15) is 11.4 Å². The highest BCUT2D eigenvalue weighted by atomic mass is 16.6. The van der Waals surface area contributed by atoms with Crippen molar-refractivity contribution in [2.75, 3.05) is 25.0 Å². The molecule has 24 heavy (non-hydrogen) atoms. The molecule has 0 atom stereocenters. The highest BCUT2D eigenvalue weighted by Gasteiger charge is 2.30. The quantitative estimate of drug-likeness (QED) is 0.854. The Bertz CT molecular complexity index is 714. The van der Waals surface area contributed by atoms with Gasteiger partial charge in [-0.25, -0.2) is 4.79 Å². The summed E-state index contributed by atoms with van der Waals surface area (Å²) < 4.78 is 5.50. The fourth-order valence-corrected chi connectivity index (χ4v) is 2.95. The third-order valence-electron chi connectivity index (χ3n) is 4.11. The minimum absolute atomic E-state index is 0.254. The fraction of sp³-hybridized carbons (Fsp3) is 0.474. The van der Waals surface area contributed by atoms with Gasteiger partial charge in [-0.15, -0.1) is 0 Å². The molecule has 1 amide bonds. The van der Waals surface area contributed by atoms with Crippen LogP contribution in [0.3, 0.4) is 0 Å². The van der Waals surface area contributed by atoms with Gasteiger partial charge in [0.05, 0.1) is 13.1 Å². The second-order valence-electron chi connectivity index (χ2n) is 7.39. The van der Waals surface area contributed by atoms with E-state index in [4.69, 9.17) is 4.74 Å². The number of carbonyl (C=O) groups is 1. The topological polar surface area (TPSA) is 53.9 Å². The lowest BCUT2D eigenvalue weighted by atomic mass is 10.0. The van der Waals surface area contributed by atoms with Crippen LogP contribution in [0.5, 0.6) is 0 Å². The first kappa shape index (κ1) is 16.6. The zero-order chi connectivity index (χ0) is 17.3. The molecule has 5 heteroatoms. The molecule has 2 aliphatic rings. The van der Waals surface area contributed by atoms with Crippen molar-refractivity contribution in [3.05, 3.63) is 41.0 Å². The zero-order valence-corrected chi connectivity index (χ0v) is 14.8. The van der Waals surface area contributed by atoms with Gasteiger partial charge in [0.2, 0.25) is 0 Å². The molecule has 5 nitrogen and oxygen atoms in total. The molecule has 0 bridgehead atoms. The molecule has 0 spiro atoms. The van der Waals surface area contributed by atoms with E-state index in [-0.39, 0.29) is 6.09 Å². The van der Waals surface area contributed by atoms with E-state index in [1.54, 1.807) is 4.90 Å². The highest BCUT2D eigenvalue weighted by Crippen LogP contribution is 2.26. The van der Waals surface area contributed by atoms with Crippen molar-refractivity contribution < 1.29 is 9.53 Å². The average Bonchev–Trinajstić information content (AvgIpc) is 2.88. The standard InChI is InChI=1S/C19H25N3O2/c1-13-6-5-7-15(10-13)21-17-16-12-22(9-8-14(16)11-20-17)18(23)24-19(2,3)4/h5-7,10H,8-9,11-12H2,1-4H3,(H,20,21). The first-order chi connectivity index (χ1) is 11.3. The molecular weight excluding hydrogens is 302 g/mol. The van der Waals surface area contributed by atoms with Crippen LogP contribution in [0.15, 0.2) is 40.4 Å². The zero-order valence-electron chi connectivity index (χ0n) is 14.8. The minimum Gasteiger partial charge on any atom is -0.444 e. The number of nitrogens with zero attached hydrogens (tertiary/aromatic N) is 2. The predicted octanol–water partition coefficient (Wildman–Crippen LogP) is 3.76. The summed E-state index contributed by atoms with van der Waals surface area (Å²) in [4.78, 5) is 18.7. The molecule has 0 aliphatic carbocycles. The van der Waals surface area contributed by atoms with Gasteiger partial charge in [-0.3, -0.25) is 4.99 Å². The fourth-order valence-electron chi connectivity index (χ4n) is 2.95. The number of anilines is 1. The van der Waals surface area contributed by atoms with Crippen molar-refractivity contribution in [1.29, 1.82) is 0 Å². The van der Waals surface area contributed by atoms with Crippen LogP contribution in [-0.4, -0.2) is 42.1 Å². The molecule has 1 aromatic carbocycles. The molecule has 0 unspecified atom stereocenters. The number of aliphatic imine (C=N–C) groups is 1. The Morgan fingerprint density at radius 3 is 2.83 bits per heavy atom. The normalized spacial score (nSPS) is 17.5. The van der Waals surface area contributed by atoms with Gasteiger partial charge in [-0.2, -0.15) is 0 Å². The molecule has 0 radical (unpaired) electrons. The Balaban J connectivity index is 1.70. The maximum atomic E-state index is 12.3. The van der Waals surface area contributed by atoms with Gasteiger partial charge in [0, 0.05) is 17.8 Å². The number of hydrogen-bond donors (Lipinski definition) is 1. The summed E-state index contributed by atoms with van der Waals surface area (Å²) >= 11 is 0. The second-order valence-corrected chi connectivity index (χ2v) is 7.39. The van der Waals surface area contributed by atoms with E-state index in [2.05, 4.69) is 29.4 Å². The van der Waals surface area contributed by atoms with Crippen LogP contribution in [0.1, 0.15) is 32.8 Å². The molecule has 0 fully saturated rings. The summed E-state index contributed by atoms with van der Waals surface area (Å²) in [6, 6.07) is 8.21. The average molecular weight is 327 g/mol. The van der Waals surface area contributed by atoms with E-state index >= 15 is 0 Å². The molecule has 2 aliphatic heterocycles. The third-order valence-corrected chi connectivity index (χ3v) is 4.11.